The Hall–Kier alpha value is -3.09. The number of nitro benzene ring substituents is 1. The van der Waals surface area contributed by atoms with Crippen molar-refractivity contribution in [1.82, 2.24) is 5.32 Å². The van der Waals surface area contributed by atoms with Gasteiger partial charge in [0.15, 0.2) is 11.5 Å². The Morgan fingerprint density at radius 1 is 1.18 bits per heavy atom. The standard InChI is InChI=1S/C21H26N2O5/c1-13(2)12-28-18-10-9-16(11-19(18)27-5)15(4)22-21(24)17-8-6-7-14(3)20(17)23(25)26/h6-11,13,15H,12H2,1-5H3,(H,22,24)/t15-/m1/s1. The zero-order valence-corrected chi connectivity index (χ0v) is 16.8. The number of carbonyl (C=O) groups excluding carboxylic acids is 1. The van der Waals surface area contributed by atoms with Crippen LogP contribution in [0.15, 0.2) is 36.4 Å². The van der Waals surface area contributed by atoms with Gasteiger partial charge in [-0.1, -0.05) is 32.0 Å². The summed E-state index contributed by atoms with van der Waals surface area (Å²) in [6.07, 6.45) is 0. The van der Waals surface area contributed by atoms with Crippen molar-refractivity contribution in [2.45, 2.75) is 33.7 Å². The zero-order valence-electron chi connectivity index (χ0n) is 16.8. The molecule has 0 saturated carbocycles. The number of ether oxygens (including phenoxy) is 2. The number of methoxy groups -OCH3 is 1. The highest BCUT2D eigenvalue weighted by Crippen LogP contribution is 2.31. The first kappa shape index (κ1) is 21.2. The molecule has 150 valence electrons. The van der Waals surface area contributed by atoms with Crippen molar-refractivity contribution in [1.29, 1.82) is 0 Å². The van der Waals surface area contributed by atoms with E-state index in [1.54, 1.807) is 38.3 Å². The zero-order chi connectivity index (χ0) is 20.8. The summed E-state index contributed by atoms with van der Waals surface area (Å²) < 4.78 is 11.1. The van der Waals surface area contributed by atoms with E-state index in [2.05, 4.69) is 19.2 Å². The predicted octanol–water partition coefficient (Wildman–Crippen LogP) is 4.44. The van der Waals surface area contributed by atoms with Crippen LogP contribution in [0.1, 0.15) is 48.3 Å². The van der Waals surface area contributed by atoms with Crippen LogP contribution in [0.4, 0.5) is 5.69 Å². The second-order valence-corrected chi connectivity index (χ2v) is 7.04. The Kier molecular flexibility index (Phi) is 6.98. The van der Waals surface area contributed by atoms with E-state index in [0.29, 0.717) is 29.6 Å². The predicted molar refractivity (Wildman–Crippen MR) is 107 cm³/mol. The fraction of sp³-hybridized carbons (Fsp3) is 0.381. The SMILES string of the molecule is COc1cc([C@@H](C)NC(=O)c2cccc(C)c2[N+](=O)[O-])ccc1OCC(C)C. The summed E-state index contributed by atoms with van der Waals surface area (Å²) in [5, 5.41) is 14.1. The number of carbonyl (C=O) groups is 1. The lowest BCUT2D eigenvalue weighted by Crippen LogP contribution is -2.27. The van der Waals surface area contributed by atoms with E-state index in [9.17, 15) is 14.9 Å². The van der Waals surface area contributed by atoms with Gasteiger partial charge in [0.05, 0.1) is 24.7 Å². The van der Waals surface area contributed by atoms with Gasteiger partial charge in [-0.2, -0.15) is 0 Å². The Balaban J connectivity index is 2.21. The molecule has 0 aliphatic heterocycles. The number of amides is 1. The van der Waals surface area contributed by atoms with Gasteiger partial charge < -0.3 is 14.8 Å². The molecule has 7 nitrogen and oxygen atoms in total. The fourth-order valence-electron chi connectivity index (χ4n) is 2.77. The van der Waals surface area contributed by atoms with Gasteiger partial charge in [-0.15, -0.1) is 0 Å². The number of nitro groups is 1. The minimum atomic E-state index is -0.529. The van der Waals surface area contributed by atoms with Gasteiger partial charge in [-0.25, -0.2) is 0 Å². The van der Waals surface area contributed by atoms with Crippen LogP contribution >= 0.6 is 0 Å². The lowest BCUT2D eigenvalue weighted by molar-refractivity contribution is -0.385. The molecule has 2 aromatic rings. The van der Waals surface area contributed by atoms with Crippen LogP contribution in [0.2, 0.25) is 0 Å². The van der Waals surface area contributed by atoms with Crippen molar-refractivity contribution in [2.75, 3.05) is 13.7 Å². The number of nitrogens with one attached hydrogen (secondary N) is 1. The second kappa shape index (κ2) is 9.21. The molecule has 0 bridgehead atoms. The van der Waals surface area contributed by atoms with E-state index in [0.717, 1.165) is 5.56 Å². The van der Waals surface area contributed by atoms with Crippen LogP contribution in [0, 0.1) is 23.0 Å². The number of para-hydroxylation sites is 1. The summed E-state index contributed by atoms with van der Waals surface area (Å²) in [4.78, 5) is 23.4. The quantitative estimate of drug-likeness (QED) is 0.535. The molecular weight excluding hydrogens is 360 g/mol. The third kappa shape index (κ3) is 5.00. The summed E-state index contributed by atoms with van der Waals surface area (Å²) >= 11 is 0. The second-order valence-electron chi connectivity index (χ2n) is 7.04. The Morgan fingerprint density at radius 2 is 1.89 bits per heavy atom. The van der Waals surface area contributed by atoms with Gasteiger partial charge in [0.25, 0.3) is 11.6 Å². The fourth-order valence-corrected chi connectivity index (χ4v) is 2.77. The van der Waals surface area contributed by atoms with Crippen LogP contribution in [0.25, 0.3) is 0 Å². The summed E-state index contributed by atoms with van der Waals surface area (Å²) in [7, 11) is 1.56. The third-order valence-corrected chi connectivity index (χ3v) is 4.27. The maximum Gasteiger partial charge on any atom is 0.285 e. The molecule has 0 aliphatic carbocycles. The molecule has 2 rings (SSSR count). The highest BCUT2D eigenvalue weighted by Gasteiger charge is 2.24. The largest absolute Gasteiger partial charge is 0.493 e. The van der Waals surface area contributed by atoms with Crippen LogP contribution in [-0.2, 0) is 0 Å². The van der Waals surface area contributed by atoms with Crippen LogP contribution in [0.3, 0.4) is 0 Å². The molecule has 0 unspecified atom stereocenters. The molecule has 7 heteroatoms. The van der Waals surface area contributed by atoms with E-state index < -0.39 is 10.8 Å². The van der Waals surface area contributed by atoms with E-state index in [1.807, 2.05) is 13.0 Å². The minimum Gasteiger partial charge on any atom is -0.493 e. The first-order valence-corrected chi connectivity index (χ1v) is 9.10. The minimum absolute atomic E-state index is 0.0423. The van der Waals surface area contributed by atoms with Crippen molar-refractivity contribution in [3.63, 3.8) is 0 Å². The maximum absolute atomic E-state index is 12.6. The third-order valence-electron chi connectivity index (χ3n) is 4.27. The van der Waals surface area contributed by atoms with E-state index in [-0.39, 0.29) is 17.3 Å². The van der Waals surface area contributed by atoms with Crippen LogP contribution in [-0.4, -0.2) is 24.5 Å². The van der Waals surface area contributed by atoms with Gasteiger partial charge in [0.1, 0.15) is 5.56 Å². The van der Waals surface area contributed by atoms with E-state index >= 15 is 0 Å². The van der Waals surface area contributed by atoms with Gasteiger partial charge in [-0.3, -0.25) is 14.9 Å². The first-order valence-electron chi connectivity index (χ1n) is 9.10. The number of hydrogen-bond acceptors (Lipinski definition) is 5. The van der Waals surface area contributed by atoms with Crippen molar-refractivity contribution < 1.29 is 19.2 Å². The summed E-state index contributed by atoms with van der Waals surface area (Å²) in [6, 6.07) is 9.76. The molecule has 1 amide bonds. The molecule has 0 heterocycles. The summed E-state index contributed by atoms with van der Waals surface area (Å²) in [5.41, 5.74) is 1.11. The lowest BCUT2D eigenvalue weighted by atomic mass is 10.0. The number of hydrogen-bond donors (Lipinski definition) is 1. The molecule has 28 heavy (non-hydrogen) atoms. The van der Waals surface area contributed by atoms with Gasteiger partial charge >= 0.3 is 0 Å². The smallest absolute Gasteiger partial charge is 0.285 e. The van der Waals surface area contributed by atoms with Crippen LogP contribution in [0.5, 0.6) is 11.5 Å². The number of nitrogens with zero attached hydrogens (tertiary/aromatic N) is 1. The molecule has 0 aliphatic rings. The number of aryl methyl sites for hydroxylation is 1. The molecule has 1 N–H and O–H groups in total. The highest BCUT2D eigenvalue weighted by atomic mass is 16.6. The van der Waals surface area contributed by atoms with Gasteiger partial charge in [0, 0.05) is 5.56 Å². The molecule has 0 radical (unpaired) electrons. The van der Waals surface area contributed by atoms with Crippen molar-refractivity contribution in [2.24, 2.45) is 5.92 Å². The average molecular weight is 386 g/mol. The van der Waals surface area contributed by atoms with E-state index in [4.69, 9.17) is 9.47 Å². The molecule has 1 atom stereocenters. The van der Waals surface area contributed by atoms with Gasteiger partial charge in [-0.05, 0) is 43.5 Å². The Bertz CT molecular complexity index is 864. The number of rotatable bonds is 8. The Labute approximate surface area is 164 Å². The van der Waals surface area contributed by atoms with Gasteiger partial charge in [0.2, 0.25) is 0 Å². The van der Waals surface area contributed by atoms with E-state index in [1.165, 1.54) is 6.07 Å². The van der Waals surface area contributed by atoms with Crippen molar-refractivity contribution >= 4 is 11.6 Å². The van der Waals surface area contributed by atoms with Crippen molar-refractivity contribution in [3.8, 4) is 11.5 Å². The monoisotopic (exact) mass is 386 g/mol. The molecule has 2 aromatic carbocycles. The topological polar surface area (TPSA) is 90.7 Å². The normalized spacial score (nSPS) is 11.8. The maximum atomic E-state index is 12.6. The molecule has 0 aromatic heterocycles. The summed E-state index contributed by atoms with van der Waals surface area (Å²) in [5.74, 6) is 1.09. The molecule has 0 saturated heterocycles. The Morgan fingerprint density at radius 3 is 2.50 bits per heavy atom. The van der Waals surface area contributed by atoms with Crippen molar-refractivity contribution in [3.05, 3.63) is 63.2 Å². The highest BCUT2D eigenvalue weighted by molar-refractivity contribution is 5.98. The molecular formula is C21H26N2O5. The molecule has 0 fully saturated rings. The summed E-state index contributed by atoms with van der Waals surface area (Å²) in [6.45, 7) is 8.10. The lowest BCUT2D eigenvalue weighted by Gasteiger charge is -2.18. The molecule has 0 spiro atoms. The average Bonchev–Trinajstić information content (AvgIpc) is 2.65. The van der Waals surface area contributed by atoms with Crippen LogP contribution < -0.4 is 14.8 Å². The first-order chi connectivity index (χ1) is 13.2. The number of benzene rings is 2.